The molecular weight excluding hydrogens is 244 g/mol. The number of rotatable bonds is 4. The number of anilines is 1. The molecule has 1 aromatic rings. The van der Waals surface area contributed by atoms with Gasteiger partial charge in [0.1, 0.15) is 6.61 Å². The molecule has 1 heterocycles. The molecule has 1 saturated heterocycles. The molecule has 1 aromatic carbocycles. The van der Waals surface area contributed by atoms with Gasteiger partial charge in [-0.25, -0.2) is 4.79 Å². The number of ether oxygens (including phenoxy) is 1. The van der Waals surface area contributed by atoms with Crippen LogP contribution in [0.1, 0.15) is 17.5 Å². The third-order valence-corrected chi connectivity index (χ3v) is 3.11. The SMILES string of the molecule is Cc1ccc(NC(=O)CCN2CCOC2=O)c(C)c1. The summed E-state index contributed by atoms with van der Waals surface area (Å²) in [5.41, 5.74) is 3.02. The quantitative estimate of drug-likeness (QED) is 0.903. The van der Waals surface area contributed by atoms with E-state index in [1.165, 1.54) is 0 Å². The summed E-state index contributed by atoms with van der Waals surface area (Å²) in [6, 6.07) is 5.88. The van der Waals surface area contributed by atoms with E-state index in [1.54, 1.807) is 4.90 Å². The lowest BCUT2D eigenvalue weighted by Gasteiger charge is -2.13. The maximum atomic E-state index is 11.8. The van der Waals surface area contributed by atoms with E-state index in [4.69, 9.17) is 4.74 Å². The first-order valence-corrected chi connectivity index (χ1v) is 6.35. The predicted octanol–water partition coefficient (Wildman–Crippen LogP) is 2.08. The number of carbonyl (C=O) groups excluding carboxylic acids is 2. The molecule has 0 unspecified atom stereocenters. The molecule has 0 radical (unpaired) electrons. The molecule has 2 amide bonds. The van der Waals surface area contributed by atoms with Crippen molar-refractivity contribution in [3.05, 3.63) is 29.3 Å². The van der Waals surface area contributed by atoms with Gasteiger partial charge in [0.2, 0.25) is 5.91 Å². The summed E-state index contributed by atoms with van der Waals surface area (Å²) in [5, 5.41) is 2.86. The van der Waals surface area contributed by atoms with Crippen LogP contribution in [-0.4, -0.2) is 36.6 Å². The first-order chi connectivity index (χ1) is 9.06. The fourth-order valence-corrected chi connectivity index (χ4v) is 2.03. The standard InChI is InChI=1S/C14H18N2O3/c1-10-3-4-12(11(2)9-10)15-13(17)5-6-16-7-8-19-14(16)18/h3-4,9H,5-8H2,1-2H3,(H,15,17). The Kier molecular flexibility index (Phi) is 4.04. The summed E-state index contributed by atoms with van der Waals surface area (Å²) in [7, 11) is 0. The Morgan fingerprint density at radius 1 is 1.42 bits per heavy atom. The smallest absolute Gasteiger partial charge is 0.409 e. The van der Waals surface area contributed by atoms with E-state index in [1.807, 2.05) is 32.0 Å². The van der Waals surface area contributed by atoms with Crippen molar-refractivity contribution in [2.24, 2.45) is 0 Å². The van der Waals surface area contributed by atoms with Crippen molar-refractivity contribution in [1.82, 2.24) is 4.90 Å². The van der Waals surface area contributed by atoms with Crippen LogP contribution in [0.15, 0.2) is 18.2 Å². The number of amides is 2. The van der Waals surface area contributed by atoms with Gasteiger partial charge >= 0.3 is 6.09 Å². The number of hydrogen-bond donors (Lipinski definition) is 1. The molecule has 0 aromatic heterocycles. The lowest BCUT2D eigenvalue weighted by atomic mass is 10.1. The van der Waals surface area contributed by atoms with Gasteiger partial charge in [-0.1, -0.05) is 17.7 Å². The highest BCUT2D eigenvalue weighted by Gasteiger charge is 2.22. The zero-order chi connectivity index (χ0) is 13.8. The average molecular weight is 262 g/mol. The molecule has 1 aliphatic heterocycles. The Morgan fingerprint density at radius 2 is 2.21 bits per heavy atom. The Bertz CT molecular complexity index is 499. The molecule has 0 bridgehead atoms. The normalized spacial score (nSPS) is 14.4. The van der Waals surface area contributed by atoms with Crippen LogP contribution in [0.2, 0.25) is 0 Å². The summed E-state index contributed by atoms with van der Waals surface area (Å²) in [6.45, 7) is 5.35. The van der Waals surface area contributed by atoms with Crippen molar-refractivity contribution in [1.29, 1.82) is 0 Å². The Labute approximate surface area is 112 Å². The molecule has 0 atom stereocenters. The van der Waals surface area contributed by atoms with Gasteiger partial charge in [-0.05, 0) is 25.5 Å². The van der Waals surface area contributed by atoms with Crippen molar-refractivity contribution >= 4 is 17.7 Å². The van der Waals surface area contributed by atoms with Gasteiger partial charge in [-0.3, -0.25) is 4.79 Å². The van der Waals surface area contributed by atoms with Gasteiger partial charge in [0.05, 0.1) is 6.54 Å². The summed E-state index contributed by atoms with van der Waals surface area (Å²) in [5.74, 6) is -0.0911. The van der Waals surface area contributed by atoms with Gasteiger partial charge < -0.3 is 15.0 Å². The van der Waals surface area contributed by atoms with Crippen LogP contribution in [0.3, 0.4) is 0 Å². The molecule has 5 heteroatoms. The summed E-state index contributed by atoms with van der Waals surface area (Å²) >= 11 is 0. The van der Waals surface area contributed by atoms with Crippen molar-refractivity contribution in [3.8, 4) is 0 Å². The van der Waals surface area contributed by atoms with Crippen LogP contribution >= 0.6 is 0 Å². The monoisotopic (exact) mass is 262 g/mol. The third-order valence-electron chi connectivity index (χ3n) is 3.11. The zero-order valence-corrected chi connectivity index (χ0v) is 11.2. The van der Waals surface area contributed by atoms with E-state index in [9.17, 15) is 9.59 Å². The first-order valence-electron chi connectivity index (χ1n) is 6.35. The largest absolute Gasteiger partial charge is 0.448 e. The van der Waals surface area contributed by atoms with Crippen LogP contribution in [0, 0.1) is 13.8 Å². The van der Waals surface area contributed by atoms with Gasteiger partial charge in [0, 0.05) is 18.7 Å². The average Bonchev–Trinajstić information content (AvgIpc) is 2.76. The van der Waals surface area contributed by atoms with Gasteiger partial charge in [0.25, 0.3) is 0 Å². The lowest BCUT2D eigenvalue weighted by molar-refractivity contribution is -0.116. The fourth-order valence-electron chi connectivity index (χ4n) is 2.03. The molecule has 1 fully saturated rings. The topological polar surface area (TPSA) is 58.6 Å². The molecule has 1 N–H and O–H groups in total. The Morgan fingerprint density at radius 3 is 2.84 bits per heavy atom. The highest BCUT2D eigenvalue weighted by molar-refractivity contribution is 5.91. The second-order valence-electron chi connectivity index (χ2n) is 4.72. The molecule has 0 spiro atoms. The molecular formula is C14H18N2O3. The van der Waals surface area contributed by atoms with Crippen molar-refractivity contribution in [3.63, 3.8) is 0 Å². The van der Waals surface area contributed by atoms with Crippen molar-refractivity contribution in [2.45, 2.75) is 20.3 Å². The molecule has 1 aliphatic rings. The van der Waals surface area contributed by atoms with Crippen LogP contribution in [-0.2, 0) is 9.53 Å². The first kappa shape index (κ1) is 13.4. The van der Waals surface area contributed by atoms with Gasteiger partial charge in [-0.2, -0.15) is 0 Å². The highest BCUT2D eigenvalue weighted by atomic mass is 16.6. The summed E-state index contributed by atoms with van der Waals surface area (Å²) < 4.78 is 4.80. The van der Waals surface area contributed by atoms with E-state index >= 15 is 0 Å². The molecule has 19 heavy (non-hydrogen) atoms. The Hall–Kier alpha value is -2.04. The minimum Gasteiger partial charge on any atom is -0.448 e. The lowest BCUT2D eigenvalue weighted by Crippen LogP contribution is -2.28. The number of nitrogens with zero attached hydrogens (tertiary/aromatic N) is 1. The van der Waals surface area contributed by atoms with Crippen LogP contribution in [0.5, 0.6) is 0 Å². The number of nitrogens with one attached hydrogen (secondary N) is 1. The van der Waals surface area contributed by atoms with E-state index < -0.39 is 0 Å². The summed E-state index contributed by atoms with van der Waals surface area (Å²) in [6.07, 6.45) is -0.0538. The van der Waals surface area contributed by atoms with E-state index in [0.29, 0.717) is 19.7 Å². The van der Waals surface area contributed by atoms with Crippen LogP contribution < -0.4 is 5.32 Å². The number of cyclic esters (lactones) is 1. The number of carbonyl (C=O) groups is 2. The predicted molar refractivity (Wildman–Crippen MR) is 72.1 cm³/mol. The zero-order valence-electron chi connectivity index (χ0n) is 11.2. The molecule has 2 rings (SSSR count). The van der Waals surface area contributed by atoms with Gasteiger partial charge in [0.15, 0.2) is 0 Å². The van der Waals surface area contributed by atoms with E-state index in [-0.39, 0.29) is 18.4 Å². The van der Waals surface area contributed by atoms with E-state index in [2.05, 4.69) is 5.32 Å². The van der Waals surface area contributed by atoms with E-state index in [0.717, 1.165) is 16.8 Å². The second kappa shape index (κ2) is 5.73. The molecule has 5 nitrogen and oxygen atoms in total. The van der Waals surface area contributed by atoms with Crippen LogP contribution in [0.4, 0.5) is 10.5 Å². The number of hydrogen-bond acceptors (Lipinski definition) is 3. The molecule has 0 saturated carbocycles. The van der Waals surface area contributed by atoms with Crippen LogP contribution in [0.25, 0.3) is 0 Å². The molecule has 102 valence electrons. The second-order valence-corrected chi connectivity index (χ2v) is 4.72. The maximum absolute atomic E-state index is 11.8. The van der Waals surface area contributed by atoms with Gasteiger partial charge in [-0.15, -0.1) is 0 Å². The molecule has 0 aliphatic carbocycles. The van der Waals surface area contributed by atoms with Crippen molar-refractivity contribution < 1.29 is 14.3 Å². The summed E-state index contributed by atoms with van der Waals surface area (Å²) in [4.78, 5) is 24.6. The highest BCUT2D eigenvalue weighted by Crippen LogP contribution is 2.16. The Balaban J connectivity index is 1.85. The number of benzene rings is 1. The minimum absolute atomic E-state index is 0.0911. The van der Waals surface area contributed by atoms with Crippen molar-refractivity contribution in [2.75, 3.05) is 25.0 Å². The third kappa shape index (κ3) is 3.47. The fraction of sp³-hybridized carbons (Fsp3) is 0.429. The maximum Gasteiger partial charge on any atom is 0.409 e. The minimum atomic E-state index is -0.334. The number of aryl methyl sites for hydroxylation is 2.